The Morgan fingerprint density at radius 3 is 2.32 bits per heavy atom. The third-order valence-corrected chi connectivity index (χ3v) is 2.85. The number of benzene rings is 2. The van der Waals surface area contributed by atoms with Gasteiger partial charge >= 0.3 is 0 Å². The topological polar surface area (TPSA) is 56.8 Å². The number of rotatable bonds is 2. The summed E-state index contributed by atoms with van der Waals surface area (Å²) in [5, 5.41) is 17.6. The second-order valence-electron chi connectivity index (χ2n) is 3.61. The van der Waals surface area contributed by atoms with Gasteiger partial charge in [-0.3, -0.25) is 0 Å². The number of hydrogen-bond donors (Lipinski definition) is 0. The van der Waals surface area contributed by atoms with Crippen molar-refractivity contribution in [3.63, 3.8) is 0 Å². The predicted octanol–water partition coefficient (Wildman–Crippen LogP) is 4.12. The van der Waals surface area contributed by atoms with Gasteiger partial charge in [-0.2, -0.15) is 10.5 Å². The molecule has 0 fully saturated rings. The molecule has 0 amide bonds. The summed E-state index contributed by atoms with van der Waals surface area (Å²) in [6.07, 6.45) is 0. The average Bonchev–Trinajstić information content (AvgIpc) is 2.39. The first-order valence-corrected chi connectivity index (χ1v) is 6.00. The predicted molar refractivity (Wildman–Crippen MR) is 70.0 cm³/mol. The minimum atomic E-state index is -0.659. The standard InChI is InChI=1S/C14H6BrFN2O/c15-11-3-1-10(8-18)14(5-11)19-12-4-2-9(7-17)13(16)6-12/h1-6H. The van der Waals surface area contributed by atoms with Crippen molar-refractivity contribution in [3.05, 3.63) is 57.8 Å². The van der Waals surface area contributed by atoms with Crippen molar-refractivity contribution < 1.29 is 9.13 Å². The van der Waals surface area contributed by atoms with E-state index in [9.17, 15) is 4.39 Å². The summed E-state index contributed by atoms with van der Waals surface area (Å²) in [5.41, 5.74) is 0.287. The molecule has 0 heterocycles. The van der Waals surface area contributed by atoms with Gasteiger partial charge in [0.1, 0.15) is 29.5 Å². The van der Waals surface area contributed by atoms with E-state index in [1.54, 1.807) is 24.3 Å². The Kier molecular flexibility index (Phi) is 3.79. The molecule has 2 rings (SSSR count). The summed E-state index contributed by atoms with van der Waals surface area (Å²) in [5.74, 6) is -0.111. The molecule has 0 aromatic heterocycles. The SMILES string of the molecule is N#Cc1ccc(Oc2cc(Br)ccc2C#N)cc1F. The molecule has 0 unspecified atom stereocenters. The minimum Gasteiger partial charge on any atom is -0.456 e. The fourth-order valence-corrected chi connectivity index (χ4v) is 1.79. The van der Waals surface area contributed by atoms with Gasteiger partial charge in [0.2, 0.25) is 0 Å². The van der Waals surface area contributed by atoms with Crippen LogP contribution < -0.4 is 4.74 Å². The third-order valence-electron chi connectivity index (χ3n) is 2.35. The van der Waals surface area contributed by atoms with Crippen molar-refractivity contribution in [1.29, 1.82) is 10.5 Å². The van der Waals surface area contributed by atoms with E-state index in [0.717, 1.165) is 10.5 Å². The van der Waals surface area contributed by atoms with Gasteiger partial charge in [0.15, 0.2) is 0 Å². The van der Waals surface area contributed by atoms with Crippen LogP contribution in [0, 0.1) is 28.5 Å². The first kappa shape index (κ1) is 13.1. The summed E-state index contributed by atoms with van der Waals surface area (Å²) in [4.78, 5) is 0. The van der Waals surface area contributed by atoms with Crippen LogP contribution in [-0.2, 0) is 0 Å². The Labute approximate surface area is 117 Å². The van der Waals surface area contributed by atoms with Gasteiger partial charge in [0.25, 0.3) is 0 Å². The van der Waals surface area contributed by atoms with Crippen LogP contribution in [0.2, 0.25) is 0 Å². The summed E-state index contributed by atoms with van der Waals surface area (Å²) < 4.78 is 19.6. The maximum Gasteiger partial charge on any atom is 0.146 e. The molecule has 92 valence electrons. The minimum absolute atomic E-state index is 0.0536. The smallest absolute Gasteiger partial charge is 0.146 e. The van der Waals surface area contributed by atoms with Gasteiger partial charge in [-0.15, -0.1) is 0 Å². The summed E-state index contributed by atoms with van der Waals surface area (Å²) in [7, 11) is 0. The van der Waals surface area contributed by atoms with Crippen molar-refractivity contribution in [2.75, 3.05) is 0 Å². The van der Waals surface area contributed by atoms with Crippen LogP contribution in [0.5, 0.6) is 11.5 Å². The largest absolute Gasteiger partial charge is 0.456 e. The molecule has 0 saturated carbocycles. The molecule has 19 heavy (non-hydrogen) atoms. The van der Waals surface area contributed by atoms with E-state index in [1.165, 1.54) is 12.1 Å². The van der Waals surface area contributed by atoms with Crippen molar-refractivity contribution in [2.24, 2.45) is 0 Å². The maximum atomic E-state index is 13.4. The second kappa shape index (κ2) is 5.51. The number of halogens is 2. The first-order chi connectivity index (χ1) is 9.13. The highest BCUT2D eigenvalue weighted by Crippen LogP contribution is 2.29. The average molecular weight is 317 g/mol. The Morgan fingerprint density at radius 1 is 1.00 bits per heavy atom. The fraction of sp³-hybridized carbons (Fsp3) is 0. The Hall–Kier alpha value is -2.37. The van der Waals surface area contributed by atoms with E-state index in [-0.39, 0.29) is 11.3 Å². The quantitative estimate of drug-likeness (QED) is 0.837. The van der Waals surface area contributed by atoms with Crippen LogP contribution in [0.3, 0.4) is 0 Å². The highest BCUT2D eigenvalue weighted by molar-refractivity contribution is 9.10. The summed E-state index contributed by atoms with van der Waals surface area (Å²) >= 11 is 3.27. The zero-order chi connectivity index (χ0) is 13.8. The van der Waals surface area contributed by atoms with Gasteiger partial charge < -0.3 is 4.74 Å². The molecule has 0 N–H and O–H groups in total. The second-order valence-corrected chi connectivity index (χ2v) is 4.52. The van der Waals surface area contributed by atoms with Crippen LogP contribution in [0.1, 0.15) is 11.1 Å². The molecule has 2 aromatic carbocycles. The summed E-state index contributed by atoms with van der Waals surface area (Å²) in [6, 6.07) is 12.6. The molecule has 2 aromatic rings. The fourth-order valence-electron chi connectivity index (χ4n) is 1.45. The summed E-state index contributed by atoms with van der Waals surface area (Å²) in [6.45, 7) is 0. The van der Waals surface area contributed by atoms with E-state index in [0.29, 0.717) is 11.3 Å². The zero-order valence-corrected chi connectivity index (χ0v) is 11.1. The van der Waals surface area contributed by atoms with Crippen LogP contribution in [0.15, 0.2) is 40.9 Å². The molecular formula is C14H6BrFN2O. The monoisotopic (exact) mass is 316 g/mol. The molecule has 0 aliphatic carbocycles. The molecular weight excluding hydrogens is 311 g/mol. The van der Waals surface area contributed by atoms with Gasteiger partial charge in [-0.25, -0.2) is 4.39 Å². The Morgan fingerprint density at radius 2 is 1.68 bits per heavy atom. The number of hydrogen-bond acceptors (Lipinski definition) is 3. The van der Waals surface area contributed by atoms with Crippen LogP contribution >= 0.6 is 15.9 Å². The molecule has 0 spiro atoms. The number of nitrogens with zero attached hydrogens (tertiary/aromatic N) is 2. The van der Waals surface area contributed by atoms with E-state index < -0.39 is 5.82 Å². The van der Waals surface area contributed by atoms with Crippen LogP contribution in [0.25, 0.3) is 0 Å². The Bertz CT molecular complexity index is 716. The van der Waals surface area contributed by atoms with Crippen molar-refractivity contribution in [3.8, 4) is 23.6 Å². The lowest BCUT2D eigenvalue weighted by molar-refractivity contribution is 0.474. The lowest BCUT2D eigenvalue weighted by Crippen LogP contribution is -1.90. The van der Waals surface area contributed by atoms with Gasteiger partial charge in [-0.05, 0) is 30.3 Å². The first-order valence-electron chi connectivity index (χ1n) is 5.21. The lowest BCUT2D eigenvalue weighted by Gasteiger charge is -2.08. The zero-order valence-electron chi connectivity index (χ0n) is 9.52. The Balaban J connectivity index is 2.37. The van der Waals surface area contributed by atoms with Gasteiger partial charge in [0.05, 0.1) is 11.1 Å². The van der Waals surface area contributed by atoms with E-state index in [1.807, 2.05) is 6.07 Å². The molecule has 0 radical (unpaired) electrons. The van der Waals surface area contributed by atoms with Crippen LogP contribution in [0.4, 0.5) is 4.39 Å². The maximum absolute atomic E-state index is 13.4. The molecule has 0 atom stereocenters. The van der Waals surface area contributed by atoms with Gasteiger partial charge in [-0.1, -0.05) is 15.9 Å². The van der Waals surface area contributed by atoms with Crippen LogP contribution in [-0.4, -0.2) is 0 Å². The highest BCUT2D eigenvalue weighted by Gasteiger charge is 2.08. The molecule has 3 nitrogen and oxygen atoms in total. The van der Waals surface area contributed by atoms with E-state index >= 15 is 0 Å². The van der Waals surface area contributed by atoms with E-state index in [4.69, 9.17) is 15.3 Å². The lowest BCUT2D eigenvalue weighted by atomic mass is 10.2. The van der Waals surface area contributed by atoms with E-state index in [2.05, 4.69) is 15.9 Å². The van der Waals surface area contributed by atoms with Gasteiger partial charge in [0, 0.05) is 10.5 Å². The molecule has 0 saturated heterocycles. The number of ether oxygens (including phenoxy) is 1. The van der Waals surface area contributed by atoms with Crippen molar-refractivity contribution in [1.82, 2.24) is 0 Å². The normalized spacial score (nSPS) is 9.47. The molecule has 0 aliphatic rings. The molecule has 5 heteroatoms. The third kappa shape index (κ3) is 2.90. The van der Waals surface area contributed by atoms with Crippen molar-refractivity contribution in [2.45, 2.75) is 0 Å². The van der Waals surface area contributed by atoms with Crippen molar-refractivity contribution >= 4 is 15.9 Å². The number of nitriles is 2. The highest BCUT2D eigenvalue weighted by atomic mass is 79.9. The molecule has 0 aliphatic heterocycles. The molecule has 0 bridgehead atoms.